The fraction of sp³-hybridized carbons (Fsp3) is 0.267. The Balaban J connectivity index is 1.56. The van der Waals surface area contributed by atoms with Crippen LogP contribution in [-0.4, -0.2) is 24.0 Å². The van der Waals surface area contributed by atoms with Gasteiger partial charge in [-0.25, -0.2) is 0 Å². The maximum absolute atomic E-state index is 13.6. The molecule has 5 rings (SSSR count). The van der Waals surface area contributed by atoms with Crippen LogP contribution in [0.15, 0.2) is 88.1 Å². The molecule has 1 aliphatic rings. The summed E-state index contributed by atoms with van der Waals surface area (Å²) in [5, 5.41) is 0.485. The number of amides is 1. The van der Waals surface area contributed by atoms with Crippen molar-refractivity contribution >= 4 is 16.9 Å². The second-order valence-electron chi connectivity index (χ2n) is 9.41. The molecule has 0 N–H and O–H groups in total. The lowest BCUT2D eigenvalue weighted by Gasteiger charge is -2.25. The van der Waals surface area contributed by atoms with E-state index >= 15 is 0 Å². The molecular weight excluding hydrogens is 438 g/mol. The normalized spacial score (nSPS) is 15.1. The molecule has 3 aromatic carbocycles. The van der Waals surface area contributed by atoms with Gasteiger partial charge in [-0.2, -0.15) is 0 Å². The fourth-order valence-electron chi connectivity index (χ4n) is 4.63. The maximum atomic E-state index is 13.6. The van der Waals surface area contributed by atoms with E-state index in [1.54, 1.807) is 23.1 Å². The molecule has 0 spiro atoms. The molecule has 5 nitrogen and oxygen atoms in total. The van der Waals surface area contributed by atoms with Crippen LogP contribution in [0.1, 0.15) is 53.6 Å². The van der Waals surface area contributed by atoms with Crippen LogP contribution in [0.5, 0.6) is 5.75 Å². The Morgan fingerprint density at radius 1 is 0.943 bits per heavy atom. The lowest BCUT2D eigenvalue weighted by molar-refractivity contribution is 0.0729. The van der Waals surface area contributed by atoms with Crippen LogP contribution in [0.25, 0.3) is 11.0 Å². The third kappa shape index (κ3) is 4.59. The van der Waals surface area contributed by atoms with Crippen molar-refractivity contribution in [3.05, 3.63) is 112 Å². The molecule has 0 saturated heterocycles. The number of ether oxygens (including phenoxy) is 1. The van der Waals surface area contributed by atoms with Gasteiger partial charge in [-0.3, -0.25) is 9.59 Å². The van der Waals surface area contributed by atoms with Crippen molar-refractivity contribution in [2.45, 2.75) is 32.7 Å². The van der Waals surface area contributed by atoms with Crippen molar-refractivity contribution in [1.29, 1.82) is 0 Å². The first kappa shape index (κ1) is 22.9. The zero-order valence-electron chi connectivity index (χ0n) is 20.1. The van der Waals surface area contributed by atoms with E-state index in [9.17, 15) is 9.59 Å². The summed E-state index contributed by atoms with van der Waals surface area (Å²) >= 11 is 0. The number of benzene rings is 3. The number of fused-ring (bicyclic) bond motifs is 2. The first-order valence-electron chi connectivity index (χ1n) is 12.2. The highest BCUT2D eigenvalue weighted by Crippen LogP contribution is 2.39. The Hall–Kier alpha value is -3.86. The number of rotatable bonds is 8. The summed E-state index contributed by atoms with van der Waals surface area (Å²) in [6, 6.07) is 24.3. The fourth-order valence-corrected chi connectivity index (χ4v) is 4.63. The van der Waals surface area contributed by atoms with Crippen molar-refractivity contribution in [3.8, 4) is 5.75 Å². The average molecular weight is 468 g/mol. The van der Waals surface area contributed by atoms with Crippen molar-refractivity contribution in [2.24, 2.45) is 5.92 Å². The summed E-state index contributed by atoms with van der Waals surface area (Å²) in [6.07, 6.45) is 1.63. The minimum atomic E-state index is -0.532. The first-order chi connectivity index (χ1) is 17.0. The van der Waals surface area contributed by atoms with Crippen LogP contribution in [-0.2, 0) is 6.42 Å². The van der Waals surface area contributed by atoms with Gasteiger partial charge in [0.25, 0.3) is 5.91 Å². The van der Waals surface area contributed by atoms with Crippen LogP contribution < -0.4 is 10.2 Å². The molecule has 1 atom stereocenters. The van der Waals surface area contributed by atoms with Gasteiger partial charge in [-0.1, -0.05) is 68.4 Å². The Morgan fingerprint density at radius 2 is 1.71 bits per heavy atom. The predicted molar refractivity (Wildman–Crippen MR) is 137 cm³/mol. The average Bonchev–Trinajstić information content (AvgIpc) is 3.15. The molecule has 0 radical (unpaired) electrons. The number of hydrogen-bond acceptors (Lipinski definition) is 4. The highest BCUT2D eigenvalue weighted by molar-refractivity contribution is 5.99. The predicted octanol–water partition coefficient (Wildman–Crippen LogP) is 6.01. The molecule has 1 aromatic heterocycles. The topological polar surface area (TPSA) is 59.8 Å². The van der Waals surface area contributed by atoms with Gasteiger partial charge in [-0.05, 0) is 54.2 Å². The van der Waals surface area contributed by atoms with Crippen molar-refractivity contribution in [3.63, 3.8) is 0 Å². The van der Waals surface area contributed by atoms with E-state index in [0.29, 0.717) is 42.0 Å². The third-order valence-electron chi connectivity index (χ3n) is 6.50. The van der Waals surface area contributed by atoms with E-state index in [1.807, 2.05) is 60.7 Å². The van der Waals surface area contributed by atoms with Gasteiger partial charge in [0.1, 0.15) is 11.3 Å². The van der Waals surface area contributed by atoms with E-state index in [1.165, 1.54) is 0 Å². The van der Waals surface area contributed by atoms with E-state index in [2.05, 4.69) is 13.8 Å². The minimum Gasteiger partial charge on any atom is -0.494 e. The van der Waals surface area contributed by atoms with Gasteiger partial charge in [0.05, 0.1) is 23.6 Å². The Morgan fingerprint density at radius 3 is 2.51 bits per heavy atom. The summed E-state index contributed by atoms with van der Waals surface area (Å²) in [5.41, 5.74) is 2.65. The molecule has 2 heterocycles. The van der Waals surface area contributed by atoms with Crippen LogP contribution in [0.3, 0.4) is 0 Å². The zero-order chi connectivity index (χ0) is 24.4. The zero-order valence-corrected chi connectivity index (χ0v) is 20.1. The maximum Gasteiger partial charge on any atom is 0.290 e. The summed E-state index contributed by atoms with van der Waals surface area (Å²) in [6.45, 7) is 5.40. The molecule has 4 aromatic rings. The first-order valence-corrected chi connectivity index (χ1v) is 12.2. The van der Waals surface area contributed by atoms with Gasteiger partial charge in [0.2, 0.25) is 5.76 Å². The van der Waals surface area contributed by atoms with Crippen LogP contribution in [0.4, 0.5) is 0 Å². The van der Waals surface area contributed by atoms with E-state index in [4.69, 9.17) is 9.15 Å². The second kappa shape index (κ2) is 9.79. The lowest BCUT2D eigenvalue weighted by atomic mass is 9.98. The third-order valence-corrected chi connectivity index (χ3v) is 6.50. The SMILES string of the molecule is CC(C)CCOc1cccc([C@H]2c3c(oc4ccccc4c3=O)C(=O)N2CCc2ccccc2)c1. The van der Waals surface area contributed by atoms with Gasteiger partial charge in [0, 0.05) is 6.54 Å². The number of carbonyl (C=O) groups is 1. The van der Waals surface area contributed by atoms with Crippen LogP contribution in [0.2, 0.25) is 0 Å². The van der Waals surface area contributed by atoms with E-state index < -0.39 is 6.04 Å². The number of carbonyl (C=O) groups excluding carboxylic acids is 1. The molecular formula is C30H29NO4. The monoisotopic (exact) mass is 467 g/mol. The highest BCUT2D eigenvalue weighted by Gasteiger charge is 2.42. The van der Waals surface area contributed by atoms with Crippen LogP contribution in [0, 0.1) is 5.92 Å². The van der Waals surface area contributed by atoms with Crippen molar-refractivity contribution < 1.29 is 13.9 Å². The molecule has 35 heavy (non-hydrogen) atoms. The van der Waals surface area contributed by atoms with Crippen molar-refractivity contribution in [2.75, 3.05) is 13.2 Å². The molecule has 0 unspecified atom stereocenters. The quantitative estimate of drug-likeness (QED) is 0.319. The molecule has 1 aliphatic heterocycles. The Kier molecular flexibility index (Phi) is 6.41. The van der Waals surface area contributed by atoms with E-state index in [-0.39, 0.29) is 17.1 Å². The van der Waals surface area contributed by atoms with Crippen molar-refractivity contribution in [1.82, 2.24) is 4.90 Å². The van der Waals surface area contributed by atoms with Gasteiger partial charge in [-0.15, -0.1) is 0 Å². The van der Waals surface area contributed by atoms with Gasteiger partial charge < -0.3 is 14.1 Å². The molecule has 0 saturated carbocycles. The Labute approximate surface area is 205 Å². The second-order valence-corrected chi connectivity index (χ2v) is 9.41. The molecule has 0 fully saturated rings. The highest BCUT2D eigenvalue weighted by atomic mass is 16.5. The number of nitrogens with zero attached hydrogens (tertiary/aromatic N) is 1. The summed E-state index contributed by atoms with van der Waals surface area (Å²) in [5.74, 6) is 1.16. The molecule has 0 aliphatic carbocycles. The van der Waals surface area contributed by atoms with Gasteiger partial charge >= 0.3 is 0 Å². The van der Waals surface area contributed by atoms with E-state index in [0.717, 1.165) is 23.3 Å². The minimum absolute atomic E-state index is 0.137. The van der Waals surface area contributed by atoms with Gasteiger partial charge in [0.15, 0.2) is 5.43 Å². The standard InChI is InChI=1S/C30H29NO4/c1-20(2)16-18-34-23-12-8-11-22(19-23)27-26-28(32)24-13-6-7-14-25(24)35-29(26)30(33)31(27)17-15-21-9-4-3-5-10-21/h3-14,19-20,27H,15-18H2,1-2H3/t27-/m0/s1. The summed E-state index contributed by atoms with van der Waals surface area (Å²) < 4.78 is 12.0. The molecule has 1 amide bonds. The largest absolute Gasteiger partial charge is 0.494 e. The lowest BCUT2D eigenvalue weighted by Crippen LogP contribution is -2.31. The number of para-hydroxylation sites is 1. The molecule has 5 heteroatoms. The smallest absolute Gasteiger partial charge is 0.290 e. The molecule has 0 bridgehead atoms. The van der Waals surface area contributed by atoms with Crippen LogP contribution >= 0.6 is 0 Å². The summed E-state index contributed by atoms with van der Waals surface area (Å²) in [4.78, 5) is 29.0. The summed E-state index contributed by atoms with van der Waals surface area (Å²) in [7, 11) is 0. The number of hydrogen-bond donors (Lipinski definition) is 0. The Bertz CT molecular complexity index is 1410. The molecule has 178 valence electrons.